The van der Waals surface area contributed by atoms with Crippen LogP contribution < -0.4 is 0 Å². The molecule has 3 aliphatic rings. The molecule has 13 heavy (non-hydrogen) atoms. The van der Waals surface area contributed by atoms with Crippen molar-refractivity contribution < 1.29 is 9.53 Å². The van der Waals surface area contributed by atoms with Crippen LogP contribution in [-0.4, -0.2) is 17.0 Å². The molecule has 0 aromatic heterocycles. The SMILES string of the molecule is C[C@]12C=C[C@](C)(O1)[C@@H]1CC[C@H]2C1=O. The van der Waals surface area contributed by atoms with E-state index in [9.17, 15) is 4.79 Å². The average Bonchev–Trinajstić information content (AvgIpc) is 2.49. The van der Waals surface area contributed by atoms with Crippen LogP contribution >= 0.6 is 0 Å². The Morgan fingerprint density at radius 3 is 2.15 bits per heavy atom. The molecule has 3 rings (SSSR count). The normalized spacial score (nSPS) is 57.5. The Morgan fingerprint density at radius 2 is 1.69 bits per heavy atom. The molecule has 0 amide bonds. The summed E-state index contributed by atoms with van der Waals surface area (Å²) < 4.78 is 6.00. The molecule has 1 saturated carbocycles. The molecule has 2 heterocycles. The third-order valence-electron chi connectivity index (χ3n) is 4.00. The zero-order valence-corrected chi connectivity index (χ0v) is 8.04. The fourth-order valence-electron chi connectivity index (χ4n) is 3.25. The second-order valence-corrected chi connectivity index (χ2v) is 4.89. The molecule has 0 unspecified atom stereocenters. The molecule has 0 aromatic rings. The summed E-state index contributed by atoms with van der Waals surface area (Å²) in [5, 5.41) is 0. The van der Waals surface area contributed by atoms with Crippen molar-refractivity contribution in [2.24, 2.45) is 11.8 Å². The van der Waals surface area contributed by atoms with Crippen molar-refractivity contribution in [3.05, 3.63) is 12.2 Å². The molecule has 0 spiro atoms. The first-order valence-corrected chi connectivity index (χ1v) is 4.99. The fourth-order valence-corrected chi connectivity index (χ4v) is 3.25. The summed E-state index contributed by atoms with van der Waals surface area (Å²) >= 11 is 0. The van der Waals surface area contributed by atoms with Gasteiger partial charge in [-0.2, -0.15) is 0 Å². The molecule has 70 valence electrons. The van der Waals surface area contributed by atoms with Gasteiger partial charge in [-0.1, -0.05) is 12.2 Å². The maximum Gasteiger partial charge on any atom is 0.145 e. The first-order valence-electron chi connectivity index (χ1n) is 4.99. The van der Waals surface area contributed by atoms with Crippen LogP contribution in [0.15, 0.2) is 12.2 Å². The summed E-state index contributed by atoms with van der Waals surface area (Å²) in [5.41, 5.74) is -0.586. The number of hydrogen-bond acceptors (Lipinski definition) is 2. The van der Waals surface area contributed by atoms with Crippen LogP contribution in [-0.2, 0) is 9.53 Å². The minimum absolute atomic E-state index is 0.129. The molecular weight excluding hydrogens is 164 g/mol. The lowest BCUT2D eigenvalue weighted by Gasteiger charge is -2.40. The van der Waals surface area contributed by atoms with Gasteiger partial charge in [-0.15, -0.1) is 0 Å². The van der Waals surface area contributed by atoms with Gasteiger partial charge < -0.3 is 4.74 Å². The van der Waals surface area contributed by atoms with Gasteiger partial charge in [0, 0.05) is 0 Å². The molecule has 0 N–H and O–H groups in total. The van der Waals surface area contributed by atoms with E-state index in [0.717, 1.165) is 12.8 Å². The number of fused-ring (bicyclic) bond motifs is 6. The first kappa shape index (κ1) is 7.74. The molecule has 2 fully saturated rings. The van der Waals surface area contributed by atoms with Crippen LogP contribution in [0.1, 0.15) is 26.7 Å². The molecule has 1 aliphatic carbocycles. The number of hydrogen-bond donors (Lipinski definition) is 0. The van der Waals surface area contributed by atoms with Gasteiger partial charge in [0.2, 0.25) is 0 Å². The molecule has 0 radical (unpaired) electrons. The lowest BCUT2D eigenvalue weighted by atomic mass is 9.82. The molecule has 2 heteroatoms. The van der Waals surface area contributed by atoms with Gasteiger partial charge in [0.25, 0.3) is 0 Å². The number of ketones is 1. The summed E-state index contributed by atoms with van der Waals surface area (Å²) in [4.78, 5) is 11.9. The summed E-state index contributed by atoms with van der Waals surface area (Å²) in [6.45, 7) is 4.08. The predicted molar refractivity (Wildman–Crippen MR) is 48.3 cm³/mol. The maximum atomic E-state index is 11.9. The van der Waals surface area contributed by atoms with Gasteiger partial charge in [-0.3, -0.25) is 4.79 Å². The van der Waals surface area contributed by atoms with E-state index in [-0.39, 0.29) is 23.0 Å². The average molecular weight is 178 g/mol. The van der Waals surface area contributed by atoms with Crippen molar-refractivity contribution in [2.75, 3.05) is 0 Å². The zero-order chi connectivity index (χ0) is 9.27. The Morgan fingerprint density at radius 1 is 1.23 bits per heavy atom. The smallest absolute Gasteiger partial charge is 0.145 e. The number of carbonyl (C=O) groups excluding carboxylic acids is 1. The highest BCUT2D eigenvalue weighted by Crippen LogP contribution is 2.54. The fraction of sp³-hybridized carbons (Fsp3) is 0.727. The second-order valence-electron chi connectivity index (χ2n) is 4.89. The molecular formula is C11H14O2. The van der Waals surface area contributed by atoms with E-state index in [2.05, 4.69) is 12.2 Å². The second kappa shape index (κ2) is 1.90. The maximum absolute atomic E-state index is 11.9. The van der Waals surface area contributed by atoms with E-state index in [1.165, 1.54) is 0 Å². The molecule has 0 aromatic carbocycles. The summed E-state index contributed by atoms with van der Waals surface area (Å²) in [6.07, 6.45) is 6.21. The van der Waals surface area contributed by atoms with E-state index in [4.69, 9.17) is 4.74 Å². The van der Waals surface area contributed by atoms with E-state index >= 15 is 0 Å². The number of Topliss-reactive ketones (excluding diaryl/α,β-unsaturated/α-hetero) is 1. The van der Waals surface area contributed by atoms with Crippen LogP contribution in [0, 0.1) is 11.8 Å². The largest absolute Gasteiger partial charge is 0.359 e. The van der Waals surface area contributed by atoms with Crippen molar-refractivity contribution in [3.8, 4) is 0 Å². The zero-order valence-electron chi connectivity index (χ0n) is 8.04. The Bertz CT molecular complexity index is 292. The van der Waals surface area contributed by atoms with Gasteiger partial charge in [0.15, 0.2) is 0 Å². The van der Waals surface area contributed by atoms with Gasteiger partial charge >= 0.3 is 0 Å². The number of carbonyl (C=O) groups is 1. The standard InChI is InChI=1S/C11H14O2/c1-10-5-6-11(2,13-10)8-4-3-7(10)9(8)12/h5-8H,3-4H2,1-2H3/t7-,8+,10+,11-. The third kappa shape index (κ3) is 0.715. The predicted octanol–water partition coefficient (Wildman–Crippen LogP) is 1.70. The van der Waals surface area contributed by atoms with Gasteiger partial charge in [-0.25, -0.2) is 0 Å². The van der Waals surface area contributed by atoms with Crippen molar-refractivity contribution in [3.63, 3.8) is 0 Å². The Hall–Kier alpha value is -0.630. The Kier molecular flexibility index (Phi) is 1.13. The van der Waals surface area contributed by atoms with Crippen LogP contribution in [0.4, 0.5) is 0 Å². The Labute approximate surface area is 78.0 Å². The molecule has 4 atom stereocenters. The minimum atomic E-state index is -0.293. The van der Waals surface area contributed by atoms with E-state index in [0.29, 0.717) is 5.78 Å². The van der Waals surface area contributed by atoms with Crippen LogP contribution in [0.3, 0.4) is 0 Å². The van der Waals surface area contributed by atoms with E-state index < -0.39 is 0 Å². The number of rotatable bonds is 0. The summed E-state index contributed by atoms with van der Waals surface area (Å²) in [5.74, 6) is 0.690. The van der Waals surface area contributed by atoms with Crippen LogP contribution in [0.25, 0.3) is 0 Å². The summed E-state index contributed by atoms with van der Waals surface area (Å²) in [6, 6.07) is 0. The van der Waals surface area contributed by atoms with E-state index in [1.54, 1.807) is 0 Å². The van der Waals surface area contributed by atoms with E-state index in [1.807, 2.05) is 13.8 Å². The molecule has 1 saturated heterocycles. The lowest BCUT2D eigenvalue weighted by Crippen LogP contribution is -2.50. The van der Waals surface area contributed by atoms with Crippen molar-refractivity contribution >= 4 is 5.78 Å². The Balaban J connectivity index is 2.17. The highest BCUT2D eigenvalue weighted by Gasteiger charge is 2.61. The highest BCUT2D eigenvalue weighted by atomic mass is 16.5. The van der Waals surface area contributed by atoms with Crippen molar-refractivity contribution in [2.45, 2.75) is 37.9 Å². The molecule has 2 nitrogen and oxygen atoms in total. The van der Waals surface area contributed by atoms with Gasteiger partial charge in [0.1, 0.15) is 5.78 Å². The van der Waals surface area contributed by atoms with Crippen LogP contribution in [0.5, 0.6) is 0 Å². The minimum Gasteiger partial charge on any atom is -0.359 e. The van der Waals surface area contributed by atoms with Crippen molar-refractivity contribution in [1.29, 1.82) is 0 Å². The molecule has 2 aliphatic heterocycles. The quantitative estimate of drug-likeness (QED) is 0.528. The summed E-state index contributed by atoms with van der Waals surface area (Å²) in [7, 11) is 0. The highest BCUT2D eigenvalue weighted by molar-refractivity contribution is 5.90. The lowest BCUT2D eigenvalue weighted by molar-refractivity contribution is -0.167. The molecule has 4 bridgehead atoms. The number of ether oxygens (including phenoxy) is 1. The van der Waals surface area contributed by atoms with Gasteiger partial charge in [0.05, 0.1) is 23.0 Å². The third-order valence-corrected chi connectivity index (χ3v) is 4.00. The topological polar surface area (TPSA) is 26.3 Å². The van der Waals surface area contributed by atoms with Gasteiger partial charge in [-0.05, 0) is 26.7 Å². The monoisotopic (exact) mass is 178 g/mol. The van der Waals surface area contributed by atoms with Crippen molar-refractivity contribution in [1.82, 2.24) is 0 Å². The first-order chi connectivity index (χ1) is 6.05. The van der Waals surface area contributed by atoms with Crippen LogP contribution in [0.2, 0.25) is 0 Å².